The quantitative estimate of drug-likeness (QED) is 0.853. The Labute approximate surface area is 145 Å². The van der Waals surface area contributed by atoms with Gasteiger partial charge in [0.25, 0.3) is 5.91 Å². The molecule has 25 heavy (non-hydrogen) atoms. The summed E-state index contributed by atoms with van der Waals surface area (Å²) in [6, 6.07) is 5.62. The van der Waals surface area contributed by atoms with E-state index in [1.165, 1.54) is 12.8 Å². The number of amides is 1. The Morgan fingerprint density at radius 3 is 3.04 bits per heavy atom. The lowest BCUT2D eigenvalue weighted by molar-refractivity contribution is 0.0716. The maximum Gasteiger partial charge on any atom is 0.258 e. The topological polar surface area (TPSA) is 69.5 Å². The van der Waals surface area contributed by atoms with Gasteiger partial charge in [-0.1, -0.05) is 11.3 Å². The number of fused-ring (bicyclic) bond motifs is 1. The Balaban J connectivity index is 1.35. The molecule has 130 valence electrons. The van der Waals surface area contributed by atoms with Crippen LogP contribution in [0.2, 0.25) is 0 Å². The van der Waals surface area contributed by atoms with Crippen LogP contribution in [0.3, 0.4) is 0 Å². The molecule has 1 amide bonds. The highest BCUT2D eigenvalue weighted by Crippen LogP contribution is 2.39. The summed E-state index contributed by atoms with van der Waals surface area (Å²) in [4.78, 5) is 15.0. The van der Waals surface area contributed by atoms with E-state index < -0.39 is 0 Å². The fourth-order valence-electron chi connectivity index (χ4n) is 3.73. The number of para-hydroxylation sites is 1. The van der Waals surface area contributed by atoms with Crippen molar-refractivity contribution in [2.75, 3.05) is 13.3 Å². The van der Waals surface area contributed by atoms with Crippen LogP contribution in [-0.2, 0) is 6.54 Å². The van der Waals surface area contributed by atoms with Gasteiger partial charge in [-0.25, -0.2) is 0 Å². The van der Waals surface area contributed by atoms with Gasteiger partial charge in [-0.2, -0.15) is 0 Å². The molecule has 1 saturated heterocycles. The summed E-state index contributed by atoms with van der Waals surface area (Å²) < 4.78 is 12.8. The van der Waals surface area contributed by atoms with Crippen molar-refractivity contribution in [3.8, 4) is 11.5 Å². The monoisotopic (exact) mass is 340 g/mol. The Kier molecular flexibility index (Phi) is 3.39. The minimum atomic E-state index is 0.00683. The van der Waals surface area contributed by atoms with Crippen LogP contribution in [0.4, 0.5) is 0 Å². The summed E-state index contributed by atoms with van der Waals surface area (Å²) >= 11 is 0. The Morgan fingerprint density at radius 2 is 2.16 bits per heavy atom. The number of carbonyl (C=O) groups excluding carboxylic acids is 1. The van der Waals surface area contributed by atoms with Crippen LogP contribution in [-0.4, -0.2) is 45.2 Å². The highest BCUT2D eigenvalue weighted by molar-refractivity contribution is 5.98. The van der Waals surface area contributed by atoms with Crippen molar-refractivity contribution in [3.63, 3.8) is 0 Å². The van der Waals surface area contributed by atoms with Crippen molar-refractivity contribution >= 4 is 5.91 Å². The van der Waals surface area contributed by atoms with Crippen LogP contribution in [0.25, 0.3) is 0 Å². The van der Waals surface area contributed by atoms with Crippen molar-refractivity contribution in [1.82, 2.24) is 19.9 Å². The zero-order valence-electron chi connectivity index (χ0n) is 13.9. The fraction of sp³-hybridized carbons (Fsp3) is 0.500. The van der Waals surface area contributed by atoms with E-state index >= 15 is 0 Å². The third-order valence-corrected chi connectivity index (χ3v) is 5.21. The molecule has 2 aliphatic heterocycles. The second-order valence-corrected chi connectivity index (χ2v) is 6.97. The van der Waals surface area contributed by atoms with Crippen LogP contribution in [0.15, 0.2) is 24.4 Å². The zero-order valence-corrected chi connectivity index (χ0v) is 13.9. The number of hydrogen-bond donors (Lipinski definition) is 0. The van der Waals surface area contributed by atoms with Crippen molar-refractivity contribution < 1.29 is 14.3 Å². The number of likely N-dealkylation sites (tertiary alicyclic amines) is 1. The predicted molar refractivity (Wildman–Crippen MR) is 88.6 cm³/mol. The molecule has 2 aromatic rings. The third kappa shape index (κ3) is 2.63. The van der Waals surface area contributed by atoms with Gasteiger partial charge in [0.1, 0.15) is 0 Å². The van der Waals surface area contributed by atoms with Crippen molar-refractivity contribution in [3.05, 3.63) is 35.7 Å². The summed E-state index contributed by atoms with van der Waals surface area (Å²) in [5, 5.41) is 8.52. The number of ether oxygens (including phenoxy) is 2. The summed E-state index contributed by atoms with van der Waals surface area (Å²) in [6.45, 7) is 1.63. The summed E-state index contributed by atoms with van der Waals surface area (Å²) in [5.41, 5.74) is 1.67. The van der Waals surface area contributed by atoms with Gasteiger partial charge in [0, 0.05) is 18.7 Å². The Morgan fingerprint density at radius 1 is 1.24 bits per heavy atom. The fourth-order valence-corrected chi connectivity index (χ4v) is 3.73. The lowest BCUT2D eigenvalue weighted by atomic mass is 10.1. The molecular formula is C18H20N4O3. The first-order valence-corrected chi connectivity index (χ1v) is 8.89. The van der Waals surface area contributed by atoms with Gasteiger partial charge < -0.3 is 14.4 Å². The molecule has 0 unspecified atom stereocenters. The molecule has 1 atom stereocenters. The minimum Gasteiger partial charge on any atom is -0.454 e. The number of aromatic nitrogens is 3. The van der Waals surface area contributed by atoms with Crippen LogP contribution < -0.4 is 9.47 Å². The number of hydrogen-bond acceptors (Lipinski definition) is 5. The van der Waals surface area contributed by atoms with Crippen LogP contribution >= 0.6 is 0 Å². The molecule has 3 aliphatic rings. The molecule has 1 saturated carbocycles. The van der Waals surface area contributed by atoms with Gasteiger partial charge >= 0.3 is 0 Å². The average molecular weight is 340 g/mol. The molecular weight excluding hydrogens is 320 g/mol. The van der Waals surface area contributed by atoms with Gasteiger partial charge in [0.15, 0.2) is 11.5 Å². The molecule has 2 fully saturated rings. The predicted octanol–water partition coefficient (Wildman–Crippen LogP) is 2.19. The lowest BCUT2D eigenvalue weighted by Crippen LogP contribution is -2.38. The number of rotatable bonds is 4. The smallest absolute Gasteiger partial charge is 0.258 e. The standard InChI is InChI=1S/C18H20N4O3/c23-18(14-4-1-5-16-17(14)25-11-24-16)22-8-2-3-13(22)9-21-10-15(19-20-21)12-6-7-12/h1,4-5,10,12-13H,2-3,6-9,11H2/t13-/m0/s1. The average Bonchev–Trinajstić information content (AvgIpc) is 3.04. The second-order valence-electron chi connectivity index (χ2n) is 6.97. The van der Waals surface area contributed by atoms with Crippen molar-refractivity contribution in [2.45, 2.75) is 44.2 Å². The Bertz CT molecular complexity index is 814. The van der Waals surface area contributed by atoms with Crippen LogP contribution in [0.5, 0.6) is 11.5 Å². The van der Waals surface area contributed by atoms with E-state index in [1.807, 2.05) is 34.0 Å². The maximum absolute atomic E-state index is 13.1. The highest BCUT2D eigenvalue weighted by Gasteiger charge is 2.33. The van der Waals surface area contributed by atoms with Crippen molar-refractivity contribution in [1.29, 1.82) is 0 Å². The summed E-state index contributed by atoms with van der Waals surface area (Å²) in [7, 11) is 0. The van der Waals surface area contributed by atoms with E-state index in [1.54, 1.807) is 0 Å². The van der Waals surface area contributed by atoms with E-state index in [9.17, 15) is 4.79 Å². The van der Waals surface area contributed by atoms with Crippen LogP contribution in [0, 0.1) is 0 Å². The summed E-state index contributed by atoms with van der Waals surface area (Å²) in [5.74, 6) is 1.81. The van der Waals surface area contributed by atoms with E-state index in [2.05, 4.69) is 10.3 Å². The van der Waals surface area contributed by atoms with Gasteiger partial charge in [-0.15, -0.1) is 5.10 Å². The summed E-state index contributed by atoms with van der Waals surface area (Å²) in [6.07, 6.45) is 6.46. The van der Waals surface area contributed by atoms with Gasteiger partial charge in [0.2, 0.25) is 6.79 Å². The SMILES string of the molecule is O=C(c1cccc2c1OCO2)N1CCC[C@H]1Cn1cc(C2CC2)nn1. The van der Waals surface area contributed by atoms with Crippen molar-refractivity contribution in [2.24, 2.45) is 0 Å². The molecule has 1 aliphatic carbocycles. The first kappa shape index (κ1) is 14.7. The molecule has 0 radical (unpaired) electrons. The van der Waals surface area contributed by atoms with E-state index in [4.69, 9.17) is 9.47 Å². The lowest BCUT2D eigenvalue weighted by Gasteiger charge is -2.25. The van der Waals surface area contributed by atoms with Gasteiger partial charge in [0.05, 0.1) is 23.8 Å². The normalized spacial score (nSPS) is 21.8. The maximum atomic E-state index is 13.1. The molecule has 5 rings (SSSR count). The minimum absolute atomic E-state index is 0.00683. The Hall–Kier alpha value is -2.57. The van der Waals surface area contributed by atoms with E-state index in [-0.39, 0.29) is 18.7 Å². The largest absolute Gasteiger partial charge is 0.454 e. The second kappa shape index (κ2) is 5.75. The highest BCUT2D eigenvalue weighted by atomic mass is 16.7. The van der Waals surface area contributed by atoms with E-state index in [0.717, 1.165) is 25.1 Å². The molecule has 1 aromatic heterocycles. The molecule has 0 N–H and O–H groups in total. The molecule has 7 heteroatoms. The zero-order chi connectivity index (χ0) is 16.8. The molecule has 3 heterocycles. The molecule has 1 aromatic carbocycles. The molecule has 0 bridgehead atoms. The third-order valence-electron chi connectivity index (χ3n) is 5.21. The number of carbonyl (C=O) groups is 1. The van der Waals surface area contributed by atoms with Gasteiger partial charge in [-0.3, -0.25) is 9.48 Å². The van der Waals surface area contributed by atoms with Gasteiger partial charge in [-0.05, 0) is 37.8 Å². The first-order valence-electron chi connectivity index (χ1n) is 8.89. The number of nitrogens with zero attached hydrogens (tertiary/aromatic N) is 4. The van der Waals surface area contributed by atoms with E-state index in [0.29, 0.717) is 29.5 Å². The van der Waals surface area contributed by atoms with Crippen LogP contribution in [0.1, 0.15) is 47.7 Å². The molecule has 0 spiro atoms. The first-order chi connectivity index (χ1) is 12.3. The number of benzene rings is 1. The molecule has 7 nitrogen and oxygen atoms in total.